The highest BCUT2D eigenvalue weighted by Crippen LogP contribution is 2.31. The second-order valence-electron chi connectivity index (χ2n) is 3.61. The van der Waals surface area contributed by atoms with E-state index in [0.29, 0.717) is 10.0 Å². The maximum atomic E-state index is 6.22. The first-order valence-corrected chi connectivity index (χ1v) is 6.85. The Labute approximate surface area is 115 Å². The minimum atomic E-state index is 0.132. The second-order valence-corrected chi connectivity index (χ2v) is 5.38. The van der Waals surface area contributed by atoms with Crippen LogP contribution >= 0.6 is 34.5 Å². The van der Waals surface area contributed by atoms with Gasteiger partial charge in [0.15, 0.2) is 0 Å². The third kappa shape index (κ3) is 2.99. The van der Waals surface area contributed by atoms with Crippen molar-refractivity contribution in [3.8, 4) is 0 Å². The van der Waals surface area contributed by atoms with Gasteiger partial charge in [-0.2, -0.15) is 0 Å². The maximum absolute atomic E-state index is 6.22. The van der Waals surface area contributed by atoms with E-state index in [4.69, 9.17) is 23.2 Å². The van der Waals surface area contributed by atoms with Crippen molar-refractivity contribution in [2.75, 3.05) is 7.05 Å². The lowest BCUT2D eigenvalue weighted by atomic mass is 10.0. The average Bonchev–Trinajstić information content (AvgIpc) is 2.83. The summed E-state index contributed by atoms with van der Waals surface area (Å²) in [5.74, 6) is 0. The van der Waals surface area contributed by atoms with Crippen molar-refractivity contribution in [1.82, 2.24) is 10.3 Å². The van der Waals surface area contributed by atoms with E-state index in [-0.39, 0.29) is 6.04 Å². The molecule has 0 bridgehead atoms. The number of thiazole rings is 1. The summed E-state index contributed by atoms with van der Waals surface area (Å²) in [6, 6.07) is 5.83. The quantitative estimate of drug-likeness (QED) is 0.921. The number of likely N-dealkylation sites (N-methyl/N-ethyl adjacent to an activating group) is 1. The van der Waals surface area contributed by atoms with Gasteiger partial charge in [0, 0.05) is 24.0 Å². The molecule has 0 amide bonds. The van der Waals surface area contributed by atoms with Crippen molar-refractivity contribution in [2.45, 2.75) is 12.5 Å². The fourth-order valence-corrected chi connectivity index (χ4v) is 2.79. The Morgan fingerprint density at radius 1 is 1.41 bits per heavy atom. The summed E-state index contributed by atoms with van der Waals surface area (Å²) in [5, 5.41) is 7.51. The smallest absolute Gasteiger partial charge is 0.0943 e. The molecule has 90 valence electrons. The zero-order chi connectivity index (χ0) is 12.3. The molecule has 0 saturated heterocycles. The van der Waals surface area contributed by atoms with E-state index in [2.05, 4.69) is 10.3 Å². The van der Waals surface area contributed by atoms with Gasteiger partial charge in [-0.05, 0) is 18.7 Å². The number of hydrogen-bond donors (Lipinski definition) is 1. The first-order chi connectivity index (χ1) is 8.22. The summed E-state index contributed by atoms with van der Waals surface area (Å²) in [7, 11) is 1.91. The lowest BCUT2D eigenvalue weighted by Crippen LogP contribution is -2.19. The van der Waals surface area contributed by atoms with Crippen LogP contribution in [-0.2, 0) is 6.42 Å². The maximum Gasteiger partial charge on any atom is 0.0943 e. The van der Waals surface area contributed by atoms with E-state index < -0.39 is 0 Å². The third-order valence-corrected chi connectivity index (χ3v) is 4.20. The summed E-state index contributed by atoms with van der Waals surface area (Å²) < 4.78 is 0. The number of nitrogens with one attached hydrogen (secondary N) is 1. The molecule has 5 heteroatoms. The summed E-state index contributed by atoms with van der Waals surface area (Å²) in [4.78, 5) is 4.28. The Bertz CT molecular complexity index is 485. The van der Waals surface area contributed by atoms with Crippen LogP contribution in [0.15, 0.2) is 29.8 Å². The Morgan fingerprint density at radius 3 is 2.88 bits per heavy atom. The van der Waals surface area contributed by atoms with Crippen LogP contribution in [0.2, 0.25) is 10.0 Å². The first kappa shape index (κ1) is 12.8. The molecule has 0 saturated carbocycles. The SMILES string of the molecule is CNC(Cc1nccs1)c1cccc(Cl)c1Cl. The van der Waals surface area contributed by atoms with Crippen LogP contribution in [0.1, 0.15) is 16.6 Å². The van der Waals surface area contributed by atoms with Crippen LogP contribution in [0, 0.1) is 0 Å². The zero-order valence-electron chi connectivity index (χ0n) is 9.28. The molecule has 0 aliphatic heterocycles. The normalized spacial score (nSPS) is 12.6. The highest BCUT2D eigenvalue weighted by molar-refractivity contribution is 7.09. The lowest BCUT2D eigenvalue weighted by Gasteiger charge is -2.17. The van der Waals surface area contributed by atoms with Crippen molar-refractivity contribution >= 4 is 34.5 Å². The molecule has 0 spiro atoms. The number of hydrogen-bond acceptors (Lipinski definition) is 3. The third-order valence-electron chi connectivity index (χ3n) is 2.57. The van der Waals surface area contributed by atoms with E-state index in [1.165, 1.54) is 0 Å². The Hall–Kier alpha value is -0.610. The van der Waals surface area contributed by atoms with E-state index >= 15 is 0 Å². The van der Waals surface area contributed by atoms with Gasteiger partial charge < -0.3 is 5.32 Å². The minimum absolute atomic E-state index is 0.132. The summed E-state index contributed by atoms with van der Waals surface area (Å²) in [5.41, 5.74) is 1.01. The van der Waals surface area contributed by atoms with Gasteiger partial charge in [-0.25, -0.2) is 4.98 Å². The van der Waals surface area contributed by atoms with E-state index in [9.17, 15) is 0 Å². The minimum Gasteiger partial charge on any atom is -0.313 e. The van der Waals surface area contributed by atoms with Gasteiger partial charge in [0.25, 0.3) is 0 Å². The van der Waals surface area contributed by atoms with Gasteiger partial charge in [-0.15, -0.1) is 11.3 Å². The average molecular weight is 287 g/mol. The van der Waals surface area contributed by atoms with Crippen LogP contribution in [0.5, 0.6) is 0 Å². The molecule has 1 aromatic carbocycles. The zero-order valence-corrected chi connectivity index (χ0v) is 11.6. The molecule has 1 heterocycles. The number of benzene rings is 1. The largest absolute Gasteiger partial charge is 0.313 e. The van der Waals surface area contributed by atoms with Gasteiger partial charge in [-0.3, -0.25) is 0 Å². The number of nitrogens with zero attached hydrogens (tertiary/aromatic N) is 1. The fraction of sp³-hybridized carbons (Fsp3) is 0.250. The molecule has 2 nitrogen and oxygen atoms in total. The van der Waals surface area contributed by atoms with Crippen molar-refractivity contribution in [1.29, 1.82) is 0 Å². The molecule has 2 rings (SSSR count). The molecule has 2 aromatic rings. The molecule has 17 heavy (non-hydrogen) atoms. The molecule has 0 radical (unpaired) electrons. The first-order valence-electron chi connectivity index (χ1n) is 5.22. The molecule has 1 aromatic heterocycles. The Balaban J connectivity index is 2.26. The molecule has 1 atom stereocenters. The van der Waals surface area contributed by atoms with Crippen LogP contribution in [0.25, 0.3) is 0 Å². The topological polar surface area (TPSA) is 24.9 Å². The van der Waals surface area contributed by atoms with Crippen molar-refractivity contribution < 1.29 is 0 Å². The van der Waals surface area contributed by atoms with Gasteiger partial charge >= 0.3 is 0 Å². The highest BCUT2D eigenvalue weighted by atomic mass is 35.5. The van der Waals surface area contributed by atoms with Gasteiger partial charge in [0.2, 0.25) is 0 Å². The van der Waals surface area contributed by atoms with Crippen LogP contribution in [-0.4, -0.2) is 12.0 Å². The lowest BCUT2D eigenvalue weighted by molar-refractivity contribution is 0.590. The molecule has 0 aliphatic carbocycles. The highest BCUT2D eigenvalue weighted by Gasteiger charge is 2.16. The van der Waals surface area contributed by atoms with Gasteiger partial charge in [0.1, 0.15) is 0 Å². The number of rotatable bonds is 4. The van der Waals surface area contributed by atoms with E-state index in [1.807, 2.05) is 30.8 Å². The molecule has 1 unspecified atom stereocenters. The van der Waals surface area contributed by atoms with Crippen LogP contribution in [0.3, 0.4) is 0 Å². The fourth-order valence-electron chi connectivity index (χ4n) is 1.69. The van der Waals surface area contributed by atoms with Crippen molar-refractivity contribution in [3.63, 3.8) is 0 Å². The van der Waals surface area contributed by atoms with E-state index in [0.717, 1.165) is 17.0 Å². The predicted octanol–water partition coefficient (Wildman–Crippen LogP) is 3.95. The Kier molecular flexibility index (Phi) is 4.40. The molecule has 0 fully saturated rings. The van der Waals surface area contributed by atoms with Gasteiger partial charge in [-0.1, -0.05) is 35.3 Å². The molecule has 1 N–H and O–H groups in total. The predicted molar refractivity (Wildman–Crippen MR) is 74.1 cm³/mol. The van der Waals surface area contributed by atoms with Crippen molar-refractivity contribution in [3.05, 3.63) is 50.4 Å². The number of halogens is 2. The summed E-state index contributed by atoms with van der Waals surface area (Å²) in [6.07, 6.45) is 2.63. The molecular formula is C12H12Cl2N2S. The molecular weight excluding hydrogens is 275 g/mol. The van der Waals surface area contributed by atoms with Crippen molar-refractivity contribution in [2.24, 2.45) is 0 Å². The van der Waals surface area contributed by atoms with Gasteiger partial charge in [0.05, 0.1) is 15.1 Å². The van der Waals surface area contributed by atoms with Crippen LogP contribution < -0.4 is 5.32 Å². The second kappa shape index (κ2) is 5.83. The summed E-state index contributed by atoms with van der Waals surface area (Å²) in [6.45, 7) is 0. The Morgan fingerprint density at radius 2 is 2.24 bits per heavy atom. The number of aromatic nitrogens is 1. The molecule has 0 aliphatic rings. The summed E-state index contributed by atoms with van der Waals surface area (Å²) >= 11 is 13.9. The van der Waals surface area contributed by atoms with E-state index in [1.54, 1.807) is 17.4 Å². The monoisotopic (exact) mass is 286 g/mol. The van der Waals surface area contributed by atoms with Crippen LogP contribution in [0.4, 0.5) is 0 Å². The standard InChI is InChI=1S/C12H12Cl2N2S/c1-15-10(7-11-16-5-6-17-11)8-3-2-4-9(13)12(8)14/h2-6,10,15H,7H2,1H3.